The lowest BCUT2D eigenvalue weighted by Crippen LogP contribution is -2.53. The summed E-state index contributed by atoms with van der Waals surface area (Å²) in [6.07, 6.45) is 2.68. The monoisotopic (exact) mass is 369 g/mol. The van der Waals surface area contributed by atoms with Gasteiger partial charge in [-0.2, -0.15) is 0 Å². The maximum atomic E-state index is 13.2. The number of ether oxygens (including phenoxy) is 1. The molecule has 3 heterocycles. The Labute approximate surface area is 161 Å². The molecule has 5 heteroatoms. The molecule has 2 aliphatic rings. The van der Waals surface area contributed by atoms with E-state index in [0.29, 0.717) is 18.2 Å². The average molecular weight is 370 g/mol. The van der Waals surface area contributed by atoms with Crippen molar-refractivity contribution < 1.29 is 9.53 Å². The molecule has 1 aromatic heterocycles. The summed E-state index contributed by atoms with van der Waals surface area (Å²) in [5, 5.41) is 1.16. The number of para-hydroxylation sites is 1. The zero-order valence-electron chi connectivity index (χ0n) is 16.9. The van der Waals surface area contributed by atoms with Crippen molar-refractivity contribution in [3.8, 4) is 0 Å². The SMILES string of the molecule is Cc1[nH]c2c(C(=O)N3CCC(N4C[C@@H](C)O[C@@H](C)C4)CC3)cccc2c1C. The first-order valence-electron chi connectivity index (χ1n) is 10.2. The van der Waals surface area contributed by atoms with E-state index in [1.165, 1.54) is 5.56 Å². The highest BCUT2D eigenvalue weighted by Crippen LogP contribution is 2.27. The third-order valence-electron chi connectivity index (χ3n) is 6.29. The molecule has 2 fully saturated rings. The quantitative estimate of drug-likeness (QED) is 0.881. The Balaban J connectivity index is 1.46. The van der Waals surface area contributed by atoms with Crippen LogP contribution in [0.15, 0.2) is 18.2 Å². The van der Waals surface area contributed by atoms with Gasteiger partial charge >= 0.3 is 0 Å². The van der Waals surface area contributed by atoms with Crippen molar-refractivity contribution in [2.24, 2.45) is 0 Å². The molecule has 1 N–H and O–H groups in total. The van der Waals surface area contributed by atoms with E-state index in [1.54, 1.807) is 0 Å². The van der Waals surface area contributed by atoms with Crippen molar-refractivity contribution in [1.29, 1.82) is 0 Å². The Morgan fingerprint density at radius 2 is 1.78 bits per heavy atom. The number of fused-ring (bicyclic) bond motifs is 1. The zero-order chi connectivity index (χ0) is 19.1. The van der Waals surface area contributed by atoms with Gasteiger partial charge in [0.1, 0.15) is 0 Å². The number of nitrogens with one attached hydrogen (secondary N) is 1. The minimum atomic E-state index is 0.156. The van der Waals surface area contributed by atoms with Crippen molar-refractivity contribution in [1.82, 2.24) is 14.8 Å². The Morgan fingerprint density at radius 3 is 2.44 bits per heavy atom. The predicted molar refractivity (Wildman–Crippen MR) is 108 cm³/mol. The van der Waals surface area contributed by atoms with Crippen LogP contribution in [-0.4, -0.2) is 65.1 Å². The first kappa shape index (κ1) is 18.5. The molecule has 2 saturated heterocycles. The summed E-state index contributed by atoms with van der Waals surface area (Å²) in [7, 11) is 0. The number of carbonyl (C=O) groups excluding carboxylic acids is 1. The van der Waals surface area contributed by atoms with Crippen molar-refractivity contribution >= 4 is 16.8 Å². The number of rotatable bonds is 2. The molecule has 0 radical (unpaired) electrons. The Morgan fingerprint density at radius 1 is 1.11 bits per heavy atom. The molecule has 2 atom stereocenters. The maximum absolute atomic E-state index is 13.2. The summed E-state index contributed by atoms with van der Waals surface area (Å²) in [6, 6.07) is 6.61. The van der Waals surface area contributed by atoms with Crippen molar-refractivity contribution in [2.45, 2.75) is 58.8 Å². The fourth-order valence-electron chi connectivity index (χ4n) is 4.78. The van der Waals surface area contributed by atoms with Gasteiger partial charge in [0.15, 0.2) is 0 Å². The molecular weight excluding hydrogens is 338 g/mol. The van der Waals surface area contributed by atoms with Crippen LogP contribution in [0.1, 0.15) is 48.3 Å². The Bertz CT molecular complexity index is 825. The molecule has 146 valence electrons. The average Bonchev–Trinajstić information content (AvgIpc) is 2.95. The lowest BCUT2D eigenvalue weighted by atomic mass is 10.00. The number of carbonyl (C=O) groups is 1. The van der Waals surface area contributed by atoms with Crippen LogP contribution in [0.3, 0.4) is 0 Å². The fourth-order valence-corrected chi connectivity index (χ4v) is 4.78. The molecule has 0 unspecified atom stereocenters. The second-order valence-electron chi connectivity index (χ2n) is 8.34. The van der Waals surface area contributed by atoms with Crippen LogP contribution in [0.4, 0.5) is 0 Å². The van der Waals surface area contributed by atoms with Gasteiger partial charge in [0.25, 0.3) is 5.91 Å². The summed E-state index contributed by atoms with van der Waals surface area (Å²) in [5.74, 6) is 0.156. The van der Waals surface area contributed by atoms with Gasteiger partial charge in [-0.05, 0) is 52.2 Å². The summed E-state index contributed by atoms with van der Waals surface area (Å²) in [4.78, 5) is 21.2. The van der Waals surface area contributed by atoms with Gasteiger partial charge in [0.05, 0.1) is 23.3 Å². The lowest BCUT2D eigenvalue weighted by molar-refractivity contribution is -0.0856. The van der Waals surface area contributed by atoms with Crippen LogP contribution in [0.25, 0.3) is 10.9 Å². The van der Waals surface area contributed by atoms with Crippen molar-refractivity contribution in [2.75, 3.05) is 26.2 Å². The summed E-state index contributed by atoms with van der Waals surface area (Å²) in [6.45, 7) is 12.2. The topological polar surface area (TPSA) is 48.6 Å². The van der Waals surface area contributed by atoms with E-state index in [-0.39, 0.29) is 5.91 Å². The maximum Gasteiger partial charge on any atom is 0.255 e. The van der Waals surface area contributed by atoms with Gasteiger partial charge in [0, 0.05) is 43.3 Å². The molecular formula is C22H31N3O2. The minimum Gasteiger partial charge on any atom is -0.373 e. The van der Waals surface area contributed by atoms with E-state index in [2.05, 4.69) is 43.6 Å². The van der Waals surface area contributed by atoms with Gasteiger partial charge in [-0.1, -0.05) is 12.1 Å². The molecule has 2 aromatic rings. The predicted octanol–water partition coefficient (Wildman–Crippen LogP) is 3.50. The molecule has 5 nitrogen and oxygen atoms in total. The van der Waals surface area contributed by atoms with Gasteiger partial charge in [-0.25, -0.2) is 0 Å². The number of hydrogen-bond donors (Lipinski definition) is 1. The number of hydrogen-bond acceptors (Lipinski definition) is 3. The van der Waals surface area contributed by atoms with Crippen molar-refractivity contribution in [3.63, 3.8) is 0 Å². The molecule has 1 amide bonds. The highest BCUT2D eigenvalue weighted by molar-refractivity contribution is 6.06. The number of H-pyrrole nitrogens is 1. The number of morpholine rings is 1. The van der Waals surface area contributed by atoms with E-state index < -0.39 is 0 Å². The van der Waals surface area contributed by atoms with E-state index in [9.17, 15) is 4.79 Å². The largest absolute Gasteiger partial charge is 0.373 e. The standard InChI is InChI=1S/C22H31N3O2/c1-14-12-25(13-15(2)27-14)18-8-10-24(11-9-18)22(26)20-7-5-6-19-16(3)17(4)23-21(19)20/h5-7,14-15,18,23H,8-13H2,1-4H3/t14-,15+. The number of piperidine rings is 1. The van der Waals surface area contributed by atoms with Gasteiger partial charge in [-0.15, -0.1) is 0 Å². The molecule has 2 aliphatic heterocycles. The minimum absolute atomic E-state index is 0.156. The number of likely N-dealkylation sites (tertiary alicyclic amines) is 1. The second-order valence-corrected chi connectivity index (χ2v) is 8.34. The first-order valence-corrected chi connectivity index (χ1v) is 10.2. The van der Waals surface area contributed by atoms with Gasteiger partial charge in [-0.3, -0.25) is 9.69 Å². The van der Waals surface area contributed by atoms with Crippen LogP contribution in [0, 0.1) is 13.8 Å². The highest BCUT2D eigenvalue weighted by Gasteiger charge is 2.32. The third kappa shape index (κ3) is 3.50. The van der Waals surface area contributed by atoms with Crippen LogP contribution >= 0.6 is 0 Å². The molecule has 0 saturated carbocycles. The van der Waals surface area contributed by atoms with Crippen LogP contribution in [-0.2, 0) is 4.74 Å². The van der Waals surface area contributed by atoms with Gasteiger partial charge < -0.3 is 14.6 Å². The molecule has 4 rings (SSSR count). The van der Waals surface area contributed by atoms with Crippen molar-refractivity contribution in [3.05, 3.63) is 35.0 Å². The van der Waals surface area contributed by atoms with E-state index in [1.807, 2.05) is 17.0 Å². The Hall–Kier alpha value is -1.85. The smallest absolute Gasteiger partial charge is 0.255 e. The fraction of sp³-hybridized carbons (Fsp3) is 0.591. The molecule has 1 aromatic carbocycles. The number of aromatic amines is 1. The van der Waals surface area contributed by atoms with Gasteiger partial charge in [0.2, 0.25) is 0 Å². The molecule has 0 spiro atoms. The van der Waals surface area contributed by atoms with Crippen LogP contribution < -0.4 is 0 Å². The number of nitrogens with zero attached hydrogens (tertiary/aromatic N) is 2. The zero-order valence-corrected chi connectivity index (χ0v) is 16.9. The summed E-state index contributed by atoms with van der Waals surface area (Å²) < 4.78 is 5.87. The first-order chi connectivity index (χ1) is 12.9. The summed E-state index contributed by atoms with van der Waals surface area (Å²) >= 11 is 0. The molecule has 0 aliphatic carbocycles. The number of aryl methyl sites for hydroxylation is 2. The normalized spacial score (nSPS) is 25.3. The lowest BCUT2D eigenvalue weighted by Gasteiger charge is -2.43. The number of amides is 1. The van der Waals surface area contributed by atoms with Crippen LogP contribution in [0.2, 0.25) is 0 Å². The second kappa shape index (κ2) is 7.28. The van der Waals surface area contributed by atoms with E-state index >= 15 is 0 Å². The number of aromatic nitrogens is 1. The van der Waals surface area contributed by atoms with Crippen LogP contribution in [0.5, 0.6) is 0 Å². The third-order valence-corrected chi connectivity index (χ3v) is 6.29. The van der Waals surface area contributed by atoms with E-state index in [0.717, 1.165) is 61.2 Å². The number of benzene rings is 1. The highest BCUT2D eigenvalue weighted by atomic mass is 16.5. The Kier molecular flexibility index (Phi) is 4.99. The molecule has 0 bridgehead atoms. The van der Waals surface area contributed by atoms with E-state index in [4.69, 9.17) is 4.74 Å². The summed E-state index contributed by atoms with van der Waals surface area (Å²) in [5.41, 5.74) is 4.15. The molecule has 27 heavy (non-hydrogen) atoms.